The molecule has 0 spiro atoms. The Bertz CT molecular complexity index is 446. The molecule has 0 saturated heterocycles. The fraction of sp³-hybridized carbons (Fsp3) is 0.462. The zero-order valence-electron chi connectivity index (χ0n) is 10.9. The number of hydrogen-bond acceptors (Lipinski definition) is 2. The molecule has 0 amide bonds. The second-order valence-corrected chi connectivity index (χ2v) is 5.16. The SMILES string of the molecule is CC(CC(N)=S)N(C)Cc1cccc(C(F)(F)F)c1. The van der Waals surface area contributed by atoms with E-state index in [0.717, 1.165) is 6.07 Å². The van der Waals surface area contributed by atoms with Crippen molar-refractivity contribution in [2.75, 3.05) is 7.05 Å². The summed E-state index contributed by atoms with van der Waals surface area (Å²) in [5.41, 5.74) is 5.45. The molecular formula is C13H17F3N2S. The van der Waals surface area contributed by atoms with Crippen molar-refractivity contribution < 1.29 is 13.2 Å². The molecule has 1 aromatic carbocycles. The Morgan fingerprint density at radius 3 is 2.58 bits per heavy atom. The zero-order chi connectivity index (χ0) is 14.6. The van der Waals surface area contributed by atoms with E-state index < -0.39 is 11.7 Å². The lowest BCUT2D eigenvalue weighted by Gasteiger charge is -2.24. The Morgan fingerprint density at radius 1 is 1.42 bits per heavy atom. The van der Waals surface area contributed by atoms with Gasteiger partial charge in [-0.1, -0.05) is 30.4 Å². The van der Waals surface area contributed by atoms with Gasteiger partial charge in [-0.2, -0.15) is 13.2 Å². The van der Waals surface area contributed by atoms with Crippen molar-refractivity contribution in [3.63, 3.8) is 0 Å². The minimum Gasteiger partial charge on any atom is -0.393 e. The van der Waals surface area contributed by atoms with Crippen LogP contribution < -0.4 is 5.73 Å². The summed E-state index contributed by atoms with van der Waals surface area (Å²) in [4.78, 5) is 2.33. The average molecular weight is 290 g/mol. The molecule has 1 atom stereocenters. The van der Waals surface area contributed by atoms with Gasteiger partial charge in [0.2, 0.25) is 0 Å². The maximum atomic E-state index is 12.6. The third kappa shape index (κ3) is 5.16. The van der Waals surface area contributed by atoms with Crippen LogP contribution in [0.2, 0.25) is 0 Å². The molecular weight excluding hydrogens is 273 g/mol. The van der Waals surface area contributed by atoms with Gasteiger partial charge in [0.05, 0.1) is 10.6 Å². The third-order valence-electron chi connectivity index (χ3n) is 2.94. The number of thiocarbonyl (C=S) groups is 1. The number of benzene rings is 1. The molecule has 106 valence electrons. The van der Waals surface area contributed by atoms with Gasteiger partial charge < -0.3 is 5.73 Å². The van der Waals surface area contributed by atoms with E-state index in [9.17, 15) is 13.2 Å². The topological polar surface area (TPSA) is 29.3 Å². The quantitative estimate of drug-likeness (QED) is 0.844. The predicted molar refractivity (Wildman–Crippen MR) is 73.8 cm³/mol. The maximum Gasteiger partial charge on any atom is 0.416 e. The number of rotatable bonds is 5. The number of alkyl halides is 3. The number of hydrogen-bond donors (Lipinski definition) is 1. The van der Waals surface area contributed by atoms with Crippen LogP contribution in [0.25, 0.3) is 0 Å². The average Bonchev–Trinajstić information content (AvgIpc) is 2.27. The minimum atomic E-state index is -4.31. The lowest BCUT2D eigenvalue weighted by Crippen LogP contribution is -2.32. The Kier molecular flexibility index (Phi) is 5.31. The molecule has 0 aliphatic carbocycles. The van der Waals surface area contributed by atoms with Gasteiger partial charge in [0.15, 0.2) is 0 Å². The van der Waals surface area contributed by atoms with Crippen molar-refractivity contribution >= 4 is 17.2 Å². The Balaban J connectivity index is 2.74. The van der Waals surface area contributed by atoms with Gasteiger partial charge in [0.1, 0.15) is 0 Å². The Labute approximate surface area is 116 Å². The fourth-order valence-corrected chi connectivity index (χ4v) is 1.98. The van der Waals surface area contributed by atoms with Crippen LogP contribution >= 0.6 is 12.2 Å². The van der Waals surface area contributed by atoms with E-state index >= 15 is 0 Å². The van der Waals surface area contributed by atoms with Gasteiger partial charge in [0.25, 0.3) is 0 Å². The third-order valence-corrected chi connectivity index (χ3v) is 3.10. The first-order valence-corrected chi connectivity index (χ1v) is 6.25. The van der Waals surface area contributed by atoms with Crippen LogP contribution in [0.1, 0.15) is 24.5 Å². The van der Waals surface area contributed by atoms with E-state index in [1.807, 2.05) is 18.9 Å². The molecule has 2 N–H and O–H groups in total. The van der Waals surface area contributed by atoms with Crippen LogP contribution in [0.15, 0.2) is 24.3 Å². The van der Waals surface area contributed by atoms with Crippen molar-refractivity contribution in [1.29, 1.82) is 0 Å². The van der Waals surface area contributed by atoms with Crippen molar-refractivity contribution in [3.05, 3.63) is 35.4 Å². The van der Waals surface area contributed by atoms with E-state index in [1.165, 1.54) is 12.1 Å². The smallest absolute Gasteiger partial charge is 0.393 e. The Morgan fingerprint density at radius 2 is 2.05 bits per heavy atom. The van der Waals surface area contributed by atoms with E-state index in [2.05, 4.69) is 0 Å². The van der Waals surface area contributed by atoms with Gasteiger partial charge in [-0.3, -0.25) is 4.90 Å². The lowest BCUT2D eigenvalue weighted by molar-refractivity contribution is -0.137. The number of nitrogens with two attached hydrogens (primary N) is 1. The standard InChI is InChI=1S/C13H17F3N2S/c1-9(6-12(17)19)18(2)8-10-4-3-5-11(7-10)13(14,15)16/h3-5,7,9H,6,8H2,1-2H3,(H2,17,19). The number of halogens is 3. The van der Waals surface area contributed by atoms with Crippen LogP contribution in [0.4, 0.5) is 13.2 Å². The predicted octanol–water partition coefficient (Wildman–Crippen LogP) is 3.20. The molecule has 6 heteroatoms. The molecule has 1 aromatic rings. The largest absolute Gasteiger partial charge is 0.416 e. The second kappa shape index (κ2) is 6.34. The maximum absolute atomic E-state index is 12.6. The molecule has 2 nitrogen and oxygen atoms in total. The molecule has 0 saturated carbocycles. The van der Waals surface area contributed by atoms with E-state index in [-0.39, 0.29) is 6.04 Å². The molecule has 1 rings (SSSR count). The number of nitrogens with zero attached hydrogens (tertiary/aromatic N) is 1. The second-order valence-electron chi connectivity index (χ2n) is 4.63. The van der Waals surface area contributed by atoms with E-state index in [1.54, 1.807) is 6.07 Å². The van der Waals surface area contributed by atoms with Gasteiger partial charge in [-0.05, 0) is 25.6 Å². The molecule has 0 radical (unpaired) electrons. The summed E-state index contributed by atoms with van der Waals surface area (Å²) in [5, 5.41) is 0. The highest BCUT2D eigenvalue weighted by molar-refractivity contribution is 7.80. The van der Waals surface area contributed by atoms with E-state index in [0.29, 0.717) is 23.5 Å². The van der Waals surface area contributed by atoms with Gasteiger partial charge in [0, 0.05) is 19.0 Å². The summed E-state index contributed by atoms with van der Waals surface area (Å²) in [6.45, 7) is 2.36. The minimum absolute atomic E-state index is 0.0899. The summed E-state index contributed by atoms with van der Waals surface area (Å²) >= 11 is 4.83. The monoisotopic (exact) mass is 290 g/mol. The van der Waals surface area contributed by atoms with Crippen molar-refractivity contribution in [2.45, 2.75) is 32.1 Å². The van der Waals surface area contributed by atoms with Gasteiger partial charge >= 0.3 is 6.18 Å². The summed E-state index contributed by atoms with van der Waals surface area (Å²) in [6.07, 6.45) is -3.76. The molecule has 1 unspecified atom stereocenters. The summed E-state index contributed by atoms with van der Waals surface area (Å²) in [5.74, 6) is 0. The highest BCUT2D eigenvalue weighted by Crippen LogP contribution is 2.29. The molecule has 0 bridgehead atoms. The first-order chi connectivity index (χ1) is 8.70. The molecule has 0 aliphatic rings. The summed E-state index contributed by atoms with van der Waals surface area (Å²) < 4.78 is 37.8. The summed E-state index contributed by atoms with van der Waals surface area (Å²) in [7, 11) is 1.84. The molecule has 0 aromatic heterocycles. The van der Waals surface area contributed by atoms with Crippen LogP contribution in [-0.4, -0.2) is 23.0 Å². The normalized spacial score (nSPS) is 13.6. The first-order valence-electron chi connectivity index (χ1n) is 5.85. The molecule has 0 fully saturated rings. The van der Waals surface area contributed by atoms with Crippen LogP contribution in [0, 0.1) is 0 Å². The van der Waals surface area contributed by atoms with E-state index in [4.69, 9.17) is 18.0 Å². The highest BCUT2D eigenvalue weighted by atomic mass is 32.1. The first kappa shape index (κ1) is 15.9. The molecule has 0 heterocycles. The van der Waals surface area contributed by atoms with Crippen LogP contribution in [0.5, 0.6) is 0 Å². The summed E-state index contributed by atoms with van der Waals surface area (Å²) in [6, 6.07) is 5.43. The fourth-order valence-electron chi connectivity index (χ4n) is 1.74. The highest BCUT2D eigenvalue weighted by Gasteiger charge is 2.30. The van der Waals surface area contributed by atoms with Crippen molar-refractivity contribution in [2.24, 2.45) is 5.73 Å². The Hall–Kier alpha value is -1.14. The van der Waals surface area contributed by atoms with Crippen LogP contribution in [-0.2, 0) is 12.7 Å². The zero-order valence-corrected chi connectivity index (χ0v) is 11.7. The van der Waals surface area contributed by atoms with Crippen molar-refractivity contribution in [3.8, 4) is 0 Å². The van der Waals surface area contributed by atoms with Gasteiger partial charge in [-0.25, -0.2) is 0 Å². The van der Waals surface area contributed by atoms with Crippen LogP contribution in [0.3, 0.4) is 0 Å². The molecule has 19 heavy (non-hydrogen) atoms. The molecule has 0 aliphatic heterocycles. The lowest BCUT2D eigenvalue weighted by atomic mass is 10.1. The van der Waals surface area contributed by atoms with Gasteiger partial charge in [-0.15, -0.1) is 0 Å². The van der Waals surface area contributed by atoms with Crippen molar-refractivity contribution in [1.82, 2.24) is 4.90 Å².